The predicted octanol–water partition coefficient (Wildman–Crippen LogP) is 4.34. The van der Waals surface area contributed by atoms with E-state index >= 15 is 0 Å². The molecule has 1 rings (SSSR count). The van der Waals surface area contributed by atoms with E-state index < -0.39 is 15.8 Å². The van der Waals surface area contributed by atoms with Crippen LogP contribution in [0.5, 0.6) is 0 Å². The zero-order valence-corrected chi connectivity index (χ0v) is 15.4. The topological polar surface area (TPSA) is 92.8 Å². The molecule has 0 saturated carbocycles. The molecule has 0 aromatic heterocycles. The minimum atomic E-state index is -1.68. The van der Waals surface area contributed by atoms with Gasteiger partial charge in [-0.25, -0.2) is 4.79 Å². The number of nitrogens with zero attached hydrogens (tertiary/aromatic N) is 2. The number of nitro groups is 1. The Hall–Kier alpha value is -0.630. The SMILES string of the molecule is CCCCCCCCC1=NCCCS1.O=C(O)C(Br)[N+](=O)[O-]. The maximum absolute atomic E-state index is 9.65. The standard InChI is InChI=1S/C12H23NS.C2H2BrNO4/c1-2-3-4-5-6-7-9-12-13-10-8-11-14-12;3-1(2(5)6)4(7)8/h2-11H2,1H3;1H,(H,5,6). The van der Waals surface area contributed by atoms with Crippen LogP contribution in [0.1, 0.15) is 58.3 Å². The van der Waals surface area contributed by atoms with Gasteiger partial charge in [-0.3, -0.25) is 15.1 Å². The molecule has 0 bridgehead atoms. The zero-order chi connectivity index (χ0) is 16.8. The molecular weight excluding hydrogens is 372 g/mol. The van der Waals surface area contributed by atoms with Crippen molar-refractivity contribution in [3.05, 3.63) is 10.1 Å². The van der Waals surface area contributed by atoms with Crippen molar-refractivity contribution in [2.45, 2.75) is 63.2 Å². The minimum absolute atomic E-state index is 0.942. The van der Waals surface area contributed by atoms with Crippen LogP contribution >= 0.6 is 27.7 Å². The molecule has 0 spiro atoms. The first-order valence-corrected chi connectivity index (χ1v) is 9.55. The van der Waals surface area contributed by atoms with Crippen LogP contribution in [0.2, 0.25) is 0 Å². The summed E-state index contributed by atoms with van der Waals surface area (Å²) in [5.74, 6) is -0.190. The fourth-order valence-corrected chi connectivity index (χ4v) is 2.78. The molecule has 0 saturated heterocycles. The van der Waals surface area contributed by atoms with Gasteiger partial charge in [-0.2, -0.15) is 0 Å². The number of alkyl halides is 1. The highest BCUT2D eigenvalue weighted by Gasteiger charge is 2.23. The van der Waals surface area contributed by atoms with Crippen LogP contribution in [0.3, 0.4) is 0 Å². The second-order valence-electron chi connectivity index (χ2n) is 4.95. The molecule has 22 heavy (non-hydrogen) atoms. The fourth-order valence-electron chi connectivity index (χ4n) is 1.80. The number of rotatable bonds is 9. The quantitative estimate of drug-likeness (QED) is 0.205. The van der Waals surface area contributed by atoms with Gasteiger partial charge in [0.25, 0.3) is 0 Å². The van der Waals surface area contributed by atoms with Crippen molar-refractivity contribution >= 4 is 38.7 Å². The van der Waals surface area contributed by atoms with E-state index in [1.807, 2.05) is 11.8 Å². The summed E-state index contributed by atoms with van der Waals surface area (Å²) < 4.78 is 0. The molecular formula is C14H25BrN2O4S. The monoisotopic (exact) mass is 396 g/mol. The molecule has 6 nitrogen and oxygen atoms in total. The van der Waals surface area contributed by atoms with Crippen LogP contribution in [-0.4, -0.2) is 38.3 Å². The molecule has 0 radical (unpaired) electrons. The zero-order valence-electron chi connectivity index (χ0n) is 13.0. The molecule has 0 aromatic rings. The van der Waals surface area contributed by atoms with Gasteiger partial charge in [0.15, 0.2) is 0 Å². The number of hydrogen-bond donors (Lipinski definition) is 1. The number of hydrogen-bond acceptors (Lipinski definition) is 5. The third kappa shape index (κ3) is 12.0. The van der Waals surface area contributed by atoms with E-state index in [0.717, 1.165) is 6.54 Å². The third-order valence-electron chi connectivity index (χ3n) is 2.99. The number of carboxylic acid groups (broad SMARTS) is 1. The first-order valence-electron chi connectivity index (χ1n) is 7.65. The molecule has 1 atom stereocenters. The summed E-state index contributed by atoms with van der Waals surface area (Å²) in [6, 6.07) is 0. The maximum Gasteiger partial charge on any atom is 0.390 e. The van der Waals surface area contributed by atoms with E-state index in [2.05, 4.69) is 27.8 Å². The van der Waals surface area contributed by atoms with E-state index in [-0.39, 0.29) is 0 Å². The van der Waals surface area contributed by atoms with Crippen molar-refractivity contribution in [3.8, 4) is 0 Å². The van der Waals surface area contributed by atoms with E-state index in [9.17, 15) is 14.9 Å². The summed E-state index contributed by atoms with van der Waals surface area (Å²) in [6.45, 7) is 3.35. The van der Waals surface area contributed by atoms with Gasteiger partial charge in [-0.1, -0.05) is 39.0 Å². The van der Waals surface area contributed by atoms with Crippen LogP contribution in [0, 0.1) is 10.1 Å². The fraction of sp³-hybridized carbons (Fsp3) is 0.857. The van der Waals surface area contributed by atoms with Gasteiger partial charge in [-0.15, -0.1) is 11.8 Å². The molecule has 0 aliphatic carbocycles. The van der Waals surface area contributed by atoms with Gasteiger partial charge in [0.05, 0.1) is 5.04 Å². The summed E-state index contributed by atoms with van der Waals surface area (Å²) >= 11 is 4.29. The Balaban J connectivity index is 0.000000472. The minimum Gasteiger partial charge on any atom is -0.475 e. The number of halogens is 1. The first kappa shape index (κ1) is 21.4. The molecule has 1 heterocycles. The van der Waals surface area contributed by atoms with Crippen molar-refractivity contribution in [2.75, 3.05) is 12.3 Å². The second-order valence-corrected chi connectivity index (χ2v) is 6.99. The van der Waals surface area contributed by atoms with Gasteiger partial charge >= 0.3 is 10.9 Å². The van der Waals surface area contributed by atoms with Gasteiger partial charge < -0.3 is 5.11 Å². The van der Waals surface area contributed by atoms with Crippen molar-refractivity contribution in [1.29, 1.82) is 0 Å². The Bertz CT molecular complexity index is 353. The van der Waals surface area contributed by atoms with E-state index in [1.165, 1.54) is 62.2 Å². The lowest BCUT2D eigenvalue weighted by atomic mass is 10.1. The van der Waals surface area contributed by atoms with E-state index in [4.69, 9.17) is 5.11 Å². The summed E-state index contributed by atoms with van der Waals surface area (Å²) in [4.78, 5) is 21.1. The van der Waals surface area contributed by atoms with Gasteiger partial charge in [-0.05, 0) is 19.3 Å². The molecule has 128 valence electrons. The van der Waals surface area contributed by atoms with Crippen molar-refractivity contribution in [2.24, 2.45) is 4.99 Å². The number of carboxylic acids is 1. The van der Waals surface area contributed by atoms with Crippen LogP contribution < -0.4 is 0 Å². The average Bonchev–Trinajstić information content (AvgIpc) is 2.51. The molecule has 1 unspecified atom stereocenters. The Morgan fingerprint density at radius 3 is 2.50 bits per heavy atom. The molecule has 8 heteroatoms. The normalized spacial score (nSPS) is 15.3. The molecule has 1 N–H and O–H groups in total. The number of unbranched alkanes of at least 4 members (excludes halogenated alkanes) is 5. The number of thioether (sulfide) groups is 1. The Kier molecular flexibility index (Phi) is 13.6. The molecule has 1 aliphatic rings. The largest absolute Gasteiger partial charge is 0.475 e. The Morgan fingerprint density at radius 1 is 1.41 bits per heavy atom. The van der Waals surface area contributed by atoms with Crippen molar-refractivity contribution < 1.29 is 14.8 Å². The number of carbonyl (C=O) groups is 1. The molecule has 1 aliphatic heterocycles. The van der Waals surface area contributed by atoms with Crippen LogP contribution in [0.25, 0.3) is 0 Å². The molecule has 0 amide bonds. The highest BCUT2D eigenvalue weighted by molar-refractivity contribution is 9.09. The highest BCUT2D eigenvalue weighted by Crippen LogP contribution is 2.17. The van der Waals surface area contributed by atoms with Crippen LogP contribution in [0.4, 0.5) is 0 Å². The second kappa shape index (κ2) is 14.0. The smallest absolute Gasteiger partial charge is 0.390 e. The van der Waals surface area contributed by atoms with Gasteiger partial charge in [0, 0.05) is 33.2 Å². The number of aliphatic carboxylic acids is 1. The van der Waals surface area contributed by atoms with Gasteiger partial charge in [0.1, 0.15) is 0 Å². The number of aliphatic imine (C=N–C) groups is 1. The predicted molar refractivity (Wildman–Crippen MR) is 94.7 cm³/mol. The molecule has 0 fully saturated rings. The van der Waals surface area contributed by atoms with Crippen molar-refractivity contribution in [3.63, 3.8) is 0 Å². The lowest BCUT2D eigenvalue weighted by molar-refractivity contribution is -0.482. The average molecular weight is 397 g/mol. The molecule has 0 aromatic carbocycles. The maximum atomic E-state index is 9.65. The van der Waals surface area contributed by atoms with E-state index in [0.29, 0.717) is 0 Å². The summed E-state index contributed by atoms with van der Waals surface area (Å²) in [7, 11) is 0. The lowest BCUT2D eigenvalue weighted by Gasteiger charge is -2.10. The first-order chi connectivity index (χ1) is 10.5. The van der Waals surface area contributed by atoms with Crippen LogP contribution in [0.15, 0.2) is 4.99 Å². The Labute approximate surface area is 144 Å². The summed E-state index contributed by atoms with van der Waals surface area (Å²) in [6.07, 6.45) is 10.9. The van der Waals surface area contributed by atoms with E-state index in [1.54, 1.807) is 0 Å². The lowest BCUT2D eigenvalue weighted by Crippen LogP contribution is -2.21. The van der Waals surface area contributed by atoms with Gasteiger partial charge in [0.2, 0.25) is 0 Å². The van der Waals surface area contributed by atoms with Crippen LogP contribution in [-0.2, 0) is 4.79 Å². The Morgan fingerprint density at radius 2 is 2.05 bits per heavy atom. The summed E-state index contributed by atoms with van der Waals surface area (Å²) in [5, 5.41) is 18.8. The summed E-state index contributed by atoms with van der Waals surface area (Å²) in [5.41, 5.74) is 0. The highest BCUT2D eigenvalue weighted by atomic mass is 79.9. The third-order valence-corrected chi connectivity index (χ3v) is 4.88. The van der Waals surface area contributed by atoms with Crippen molar-refractivity contribution in [1.82, 2.24) is 0 Å².